The summed E-state index contributed by atoms with van der Waals surface area (Å²) in [6.45, 7) is 14.2. The zero-order chi connectivity index (χ0) is 11.9. The Bertz CT molecular complexity index is 437. The van der Waals surface area contributed by atoms with Gasteiger partial charge in [0.05, 0.1) is 0 Å². The van der Waals surface area contributed by atoms with Gasteiger partial charge >= 0.3 is 0 Å². The maximum absolute atomic E-state index is 2.39. The van der Waals surface area contributed by atoms with E-state index in [4.69, 9.17) is 0 Å². The molecule has 16 heavy (non-hydrogen) atoms. The molecule has 0 fully saturated rings. The third-order valence-electron chi connectivity index (χ3n) is 4.87. The van der Waals surface area contributed by atoms with E-state index in [0.29, 0.717) is 10.8 Å². The van der Waals surface area contributed by atoms with E-state index in [1.165, 1.54) is 12.8 Å². The Morgan fingerprint density at radius 1 is 0.688 bits per heavy atom. The molecule has 0 saturated carbocycles. The predicted octanol–water partition coefficient (Wildman–Crippen LogP) is 3.97. The Kier molecular flexibility index (Phi) is 1.65. The number of fused-ring (bicyclic) bond motifs is 3. The first kappa shape index (κ1) is 10.4. The molecule has 86 valence electrons. The van der Waals surface area contributed by atoms with Gasteiger partial charge in [-0.25, -0.2) is 0 Å². The van der Waals surface area contributed by atoms with Crippen molar-refractivity contribution >= 4 is 0 Å². The minimum Gasteiger partial charge on any atom is -0.0555 e. The molecule has 0 heteroatoms. The van der Waals surface area contributed by atoms with Crippen molar-refractivity contribution < 1.29 is 0 Å². The van der Waals surface area contributed by atoms with Crippen LogP contribution in [0.1, 0.15) is 61.1 Å². The topological polar surface area (TPSA) is 0 Å². The highest BCUT2D eigenvalue weighted by molar-refractivity contribution is 5.65. The highest BCUT2D eigenvalue weighted by Crippen LogP contribution is 2.54. The standard InChI is InChI=1S/C16H22/c1-9-10(2)14-12(8-16(14,5)6)11-7-15(3,4)13(9)11/h7-8H2,1-6H3. The lowest BCUT2D eigenvalue weighted by Crippen LogP contribution is -2.43. The molecule has 0 N–H and O–H groups in total. The molecule has 0 aromatic heterocycles. The van der Waals surface area contributed by atoms with Crippen LogP contribution in [0.5, 0.6) is 0 Å². The predicted molar refractivity (Wildman–Crippen MR) is 69.4 cm³/mol. The maximum atomic E-state index is 2.39. The fourth-order valence-electron chi connectivity index (χ4n) is 4.20. The summed E-state index contributed by atoms with van der Waals surface area (Å²) in [7, 11) is 0. The molecule has 0 unspecified atom stereocenters. The van der Waals surface area contributed by atoms with E-state index in [1.54, 1.807) is 33.4 Å². The van der Waals surface area contributed by atoms with Gasteiger partial charge in [-0.1, -0.05) is 27.7 Å². The van der Waals surface area contributed by atoms with Crippen molar-refractivity contribution in [3.63, 3.8) is 0 Å². The Labute approximate surface area is 99.1 Å². The summed E-state index contributed by atoms with van der Waals surface area (Å²) < 4.78 is 0. The number of benzene rings is 1. The Hall–Kier alpha value is -0.780. The van der Waals surface area contributed by atoms with Crippen LogP contribution in [0.4, 0.5) is 0 Å². The Balaban J connectivity index is 2.31. The third-order valence-corrected chi connectivity index (χ3v) is 4.87. The molecule has 0 heterocycles. The monoisotopic (exact) mass is 214 g/mol. The van der Waals surface area contributed by atoms with E-state index in [0.717, 1.165) is 0 Å². The van der Waals surface area contributed by atoms with Gasteiger partial charge in [0.15, 0.2) is 0 Å². The Morgan fingerprint density at radius 3 is 1.25 bits per heavy atom. The third kappa shape index (κ3) is 0.965. The second kappa shape index (κ2) is 2.55. The quantitative estimate of drug-likeness (QED) is 0.613. The van der Waals surface area contributed by atoms with E-state index >= 15 is 0 Å². The minimum atomic E-state index is 0.430. The van der Waals surface area contributed by atoms with Crippen molar-refractivity contribution in [3.05, 3.63) is 33.4 Å². The average molecular weight is 214 g/mol. The first-order valence-corrected chi connectivity index (χ1v) is 6.41. The van der Waals surface area contributed by atoms with Gasteiger partial charge in [0.25, 0.3) is 0 Å². The molecule has 1 aromatic carbocycles. The van der Waals surface area contributed by atoms with Crippen molar-refractivity contribution in [2.24, 2.45) is 0 Å². The zero-order valence-electron chi connectivity index (χ0n) is 11.4. The van der Waals surface area contributed by atoms with Gasteiger partial charge in [-0.2, -0.15) is 0 Å². The van der Waals surface area contributed by atoms with Crippen LogP contribution >= 0.6 is 0 Å². The fraction of sp³-hybridized carbons (Fsp3) is 0.625. The van der Waals surface area contributed by atoms with E-state index < -0.39 is 0 Å². The molecule has 0 saturated heterocycles. The van der Waals surface area contributed by atoms with Crippen LogP contribution in [0.25, 0.3) is 0 Å². The number of hydrogen-bond acceptors (Lipinski definition) is 0. The van der Waals surface area contributed by atoms with E-state index in [2.05, 4.69) is 41.5 Å². The summed E-state index contributed by atoms with van der Waals surface area (Å²) >= 11 is 0. The average Bonchev–Trinajstić information content (AvgIpc) is 2.09. The van der Waals surface area contributed by atoms with Crippen molar-refractivity contribution in [2.45, 2.75) is 65.2 Å². The lowest BCUT2D eigenvalue weighted by atomic mass is 9.54. The summed E-state index contributed by atoms with van der Waals surface area (Å²) in [5, 5.41) is 0. The summed E-state index contributed by atoms with van der Waals surface area (Å²) in [5.41, 5.74) is 10.7. The van der Waals surface area contributed by atoms with Gasteiger partial charge in [0.1, 0.15) is 0 Å². The number of rotatable bonds is 0. The molecule has 0 spiro atoms. The molecule has 0 amide bonds. The highest BCUT2D eigenvalue weighted by atomic mass is 14.5. The molecular weight excluding hydrogens is 192 g/mol. The van der Waals surface area contributed by atoms with Crippen LogP contribution in [-0.2, 0) is 23.7 Å². The lowest BCUT2D eigenvalue weighted by molar-refractivity contribution is 0.400. The summed E-state index contributed by atoms with van der Waals surface area (Å²) in [6, 6.07) is 0. The van der Waals surface area contributed by atoms with Crippen molar-refractivity contribution in [1.82, 2.24) is 0 Å². The van der Waals surface area contributed by atoms with Gasteiger partial charge in [0, 0.05) is 0 Å². The molecule has 0 radical (unpaired) electrons. The van der Waals surface area contributed by atoms with Crippen LogP contribution in [-0.4, -0.2) is 0 Å². The molecule has 2 aliphatic carbocycles. The van der Waals surface area contributed by atoms with Crippen molar-refractivity contribution in [3.8, 4) is 0 Å². The van der Waals surface area contributed by atoms with E-state index in [1.807, 2.05) is 0 Å². The van der Waals surface area contributed by atoms with Crippen LogP contribution in [0.15, 0.2) is 0 Å². The largest absolute Gasteiger partial charge is 0.0555 e. The first-order chi connectivity index (χ1) is 7.26. The molecule has 2 aliphatic rings. The summed E-state index contributed by atoms with van der Waals surface area (Å²) in [5.74, 6) is 0. The first-order valence-electron chi connectivity index (χ1n) is 6.41. The van der Waals surface area contributed by atoms with Crippen LogP contribution in [0, 0.1) is 13.8 Å². The van der Waals surface area contributed by atoms with Crippen LogP contribution in [0.2, 0.25) is 0 Å². The highest BCUT2D eigenvalue weighted by Gasteiger charge is 2.46. The smallest absolute Gasteiger partial charge is 0.00574 e. The molecule has 0 aliphatic heterocycles. The second-order valence-corrected chi connectivity index (χ2v) is 7.08. The van der Waals surface area contributed by atoms with Gasteiger partial charge < -0.3 is 0 Å². The van der Waals surface area contributed by atoms with E-state index in [-0.39, 0.29) is 0 Å². The van der Waals surface area contributed by atoms with Crippen molar-refractivity contribution in [2.75, 3.05) is 0 Å². The molecule has 0 nitrogen and oxygen atoms in total. The molecule has 3 rings (SSSR count). The molecule has 0 bridgehead atoms. The van der Waals surface area contributed by atoms with Gasteiger partial charge in [0.2, 0.25) is 0 Å². The van der Waals surface area contributed by atoms with Gasteiger partial charge in [-0.05, 0) is 70.9 Å². The van der Waals surface area contributed by atoms with Crippen LogP contribution in [0.3, 0.4) is 0 Å². The van der Waals surface area contributed by atoms with Crippen LogP contribution < -0.4 is 0 Å². The Morgan fingerprint density at radius 2 is 1.00 bits per heavy atom. The zero-order valence-corrected chi connectivity index (χ0v) is 11.4. The van der Waals surface area contributed by atoms with E-state index in [9.17, 15) is 0 Å². The maximum Gasteiger partial charge on any atom is -0.00574 e. The fourth-order valence-corrected chi connectivity index (χ4v) is 4.20. The van der Waals surface area contributed by atoms with Gasteiger partial charge in [-0.15, -0.1) is 0 Å². The summed E-state index contributed by atoms with van der Waals surface area (Å²) in [4.78, 5) is 0. The minimum absolute atomic E-state index is 0.430. The van der Waals surface area contributed by atoms with Gasteiger partial charge in [-0.3, -0.25) is 0 Å². The molecular formula is C16H22. The SMILES string of the molecule is Cc1c(C)c2c(c3c1C(C)(C)C3)CC2(C)C. The number of hydrogen-bond donors (Lipinski definition) is 0. The normalized spacial score (nSPS) is 22.9. The summed E-state index contributed by atoms with van der Waals surface area (Å²) in [6.07, 6.45) is 2.59. The molecule has 0 atom stereocenters. The van der Waals surface area contributed by atoms with Crippen molar-refractivity contribution in [1.29, 1.82) is 0 Å². The molecule has 1 aromatic rings. The second-order valence-electron chi connectivity index (χ2n) is 7.08. The lowest BCUT2D eigenvalue weighted by Gasteiger charge is -2.50.